The van der Waals surface area contributed by atoms with Crippen LogP contribution in [0.3, 0.4) is 0 Å². The lowest BCUT2D eigenvalue weighted by Crippen LogP contribution is -2.35. The van der Waals surface area contributed by atoms with Crippen LogP contribution in [-0.2, 0) is 25.9 Å². The Kier molecular flexibility index (Phi) is 9.40. The average molecular weight is 603 g/mol. The van der Waals surface area contributed by atoms with Crippen LogP contribution in [0.15, 0.2) is 87.4 Å². The molecule has 1 aromatic heterocycles. The Morgan fingerprint density at radius 3 is 2.42 bits per heavy atom. The molecule has 43 heavy (non-hydrogen) atoms. The molecule has 0 fully saturated rings. The Morgan fingerprint density at radius 1 is 1.09 bits per heavy atom. The molecule has 0 spiro atoms. The van der Waals surface area contributed by atoms with E-state index < -0.39 is 38.1 Å². The first-order valence-corrected chi connectivity index (χ1v) is 14.7. The molecule has 0 radical (unpaired) electrons. The predicted molar refractivity (Wildman–Crippen MR) is 157 cm³/mol. The summed E-state index contributed by atoms with van der Waals surface area (Å²) in [6.45, 7) is 3.25. The van der Waals surface area contributed by atoms with Crippen molar-refractivity contribution >= 4 is 15.7 Å². The number of amides is 1. The molecular formula is C31H30N4O7S. The van der Waals surface area contributed by atoms with E-state index in [1.807, 2.05) is 6.07 Å². The number of primary amides is 1. The minimum Gasteiger partial charge on any atom is -0.492 e. The van der Waals surface area contributed by atoms with Gasteiger partial charge in [-0.2, -0.15) is 10.2 Å². The van der Waals surface area contributed by atoms with E-state index in [-0.39, 0.29) is 35.6 Å². The van der Waals surface area contributed by atoms with E-state index in [1.165, 1.54) is 31.4 Å². The highest BCUT2D eigenvalue weighted by Crippen LogP contribution is 2.30. The van der Waals surface area contributed by atoms with E-state index >= 15 is 0 Å². The Labute approximate surface area is 248 Å². The summed E-state index contributed by atoms with van der Waals surface area (Å²) >= 11 is 0. The zero-order valence-electron chi connectivity index (χ0n) is 23.7. The van der Waals surface area contributed by atoms with Gasteiger partial charge in [-0.15, -0.1) is 0 Å². The highest BCUT2D eigenvalue weighted by atomic mass is 32.2. The number of hydrogen-bond donors (Lipinski definition) is 2. The molecule has 4 aromatic rings. The number of nitrogens with zero attached hydrogens (tertiary/aromatic N) is 3. The number of ether oxygens (including phenoxy) is 2. The predicted octanol–water partition coefficient (Wildman–Crippen LogP) is 3.58. The number of benzene rings is 3. The van der Waals surface area contributed by atoms with E-state index in [1.54, 1.807) is 62.4 Å². The number of carbonyl (C=O) groups excluding carboxylic acids is 1. The van der Waals surface area contributed by atoms with E-state index in [9.17, 15) is 28.4 Å². The van der Waals surface area contributed by atoms with Crippen molar-refractivity contribution in [3.63, 3.8) is 0 Å². The number of methoxy groups -OCH3 is 1. The lowest BCUT2D eigenvalue weighted by atomic mass is 9.99. The van der Waals surface area contributed by atoms with Crippen molar-refractivity contribution < 1.29 is 27.8 Å². The topological polar surface area (TPSA) is 175 Å². The first-order valence-electron chi connectivity index (χ1n) is 13.2. The second kappa shape index (κ2) is 13.0. The van der Waals surface area contributed by atoms with Gasteiger partial charge in [-0.05, 0) is 60.9 Å². The normalized spacial score (nSPS) is 12.2. The van der Waals surface area contributed by atoms with Crippen LogP contribution in [0.2, 0.25) is 0 Å². The molecule has 0 saturated carbocycles. The van der Waals surface area contributed by atoms with Crippen molar-refractivity contribution in [1.82, 2.24) is 9.55 Å². The number of sulfone groups is 1. The molecule has 0 aliphatic heterocycles. The van der Waals surface area contributed by atoms with E-state index in [2.05, 4.69) is 4.98 Å². The van der Waals surface area contributed by atoms with Gasteiger partial charge in [0.2, 0.25) is 21.6 Å². The number of rotatable bonds is 11. The van der Waals surface area contributed by atoms with Gasteiger partial charge in [0.1, 0.15) is 12.4 Å². The van der Waals surface area contributed by atoms with Crippen LogP contribution >= 0.6 is 0 Å². The maximum atomic E-state index is 14.1. The maximum Gasteiger partial charge on any atom is 0.277 e. The van der Waals surface area contributed by atoms with Crippen molar-refractivity contribution in [2.75, 3.05) is 13.7 Å². The van der Waals surface area contributed by atoms with Crippen LogP contribution in [-0.4, -0.2) is 48.8 Å². The molecular weight excluding hydrogens is 572 g/mol. The van der Waals surface area contributed by atoms with Crippen LogP contribution in [0.4, 0.5) is 0 Å². The Bertz CT molecular complexity index is 1860. The van der Waals surface area contributed by atoms with Crippen LogP contribution in [0, 0.1) is 11.3 Å². The lowest BCUT2D eigenvalue weighted by Gasteiger charge is -2.24. The summed E-state index contributed by atoms with van der Waals surface area (Å²) in [5, 5.41) is 20.3. The summed E-state index contributed by atoms with van der Waals surface area (Å²) in [4.78, 5) is 28.9. The highest BCUT2D eigenvalue weighted by molar-refractivity contribution is 7.91. The van der Waals surface area contributed by atoms with Gasteiger partial charge >= 0.3 is 0 Å². The molecule has 0 aliphatic carbocycles. The monoisotopic (exact) mass is 602 g/mol. The maximum absolute atomic E-state index is 14.1. The molecule has 1 unspecified atom stereocenters. The summed E-state index contributed by atoms with van der Waals surface area (Å²) in [7, 11) is -3.19. The molecule has 0 aliphatic rings. The van der Waals surface area contributed by atoms with Gasteiger partial charge in [0.15, 0.2) is 4.90 Å². The minimum atomic E-state index is -4.61. The molecule has 1 amide bonds. The highest BCUT2D eigenvalue weighted by Gasteiger charge is 2.32. The molecule has 3 N–H and O–H groups in total. The molecule has 222 valence electrons. The van der Waals surface area contributed by atoms with Gasteiger partial charge < -0.3 is 20.3 Å². The molecule has 1 atom stereocenters. The fourth-order valence-electron chi connectivity index (χ4n) is 4.62. The van der Waals surface area contributed by atoms with Crippen molar-refractivity contribution in [3.8, 4) is 23.1 Å². The number of carbonyl (C=O) groups is 1. The number of aromatic nitrogens is 2. The third-order valence-corrected chi connectivity index (χ3v) is 8.44. The fraction of sp³-hybridized carbons (Fsp3) is 0.226. The van der Waals surface area contributed by atoms with Crippen molar-refractivity contribution in [2.24, 2.45) is 5.73 Å². The quantitative estimate of drug-likeness (QED) is 0.260. The Balaban J connectivity index is 1.90. The zero-order chi connectivity index (χ0) is 31.3. The smallest absolute Gasteiger partial charge is 0.277 e. The third-order valence-electron chi connectivity index (χ3n) is 6.65. The largest absolute Gasteiger partial charge is 0.492 e. The fourth-order valence-corrected chi connectivity index (χ4v) is 5.97. The van der Waals surface area contributed by atoms with Gasteiger partial charge in [-0.1, -0.05) is 42.5 Å². The standard InChI is InChI=1S/C31H30N4O7S/c1-19(2)42-18-27-34-30(37)28(31(38)35(27)26(17-41-3)22-8-6-7-20(15-22)16-32)43(39,40)23-13-11-21(12-14-23)24-9-4-5-10-25(24)29(33)36/h4-15,19,26,37H,17-18H2,1-3H3,(H2,33,36). The first-order chi connectivity index (χ1) is 20.5. The molecule has 12 heteroatoms. The van der Waals surface area contributed by atoms with E-state index in [4.69, 9.17) is 15.2 Å². The van der Waals surface area contributed by atoms with Gasteiger partial charge in [0.25, 0.3) is 5.56 Å². The van der Waals surface area contributed by atoms with Crippen LogP contribution < -0.4 is 11.3 Å². The lowest BCUT2D eigenvalue weighted by molar-refractivity contribution is 0.0557. The summed E-state index contributed by atoms with van der Waals surface area (Å²) in [6, 6.07) is 19.7. The number of nitriles is 1. The molecule has 11 nitrogen and oxygen atoms in total. The van der Waals surface area contributed by atoms with Crippen LogP contribution in [0.25, 0.3) is 11.1 Å². The van der Waals surface area contributed by atoms with Gasteiger partial charge in [-0.3, -0.25) is 14.2 Å². The average Bonchev–Trinajstić information content (AvgIpc) is 2.99. The second-order valence-corrected chi connectivity index (χ2v) is 11.7. The third kappa shape index (κ3) is 6.49. The summed E-state index contributed by atoms with van der Waals surface area (Å²) in [6.07, 6.45) is -0.267. The van der Waals surface area contributed by atoms with Crippen LogP contribution in [0.5, 0.6) is 5.88 Å². The minimum absolute atomic E-state index is 0.0297. The molecule has 1 heterocycles. The summed E-state index contributed by atoms with van der Waals surface area (Å²) in [5.74, 6) is -1.65. The number of nitrogens with two attached hydrogens (primary N) is 1. The molecule has 3 aromatic carbocycles. The molecule has 0 saturated heterocycles. The van der Waals surface area contributed by atoms with E-state index in [0.717, 1.165) is 4.57 Å². The zero-order valence-corrected chi connectivity index (χ0v) is 24.5. The second-order valence-electron chi connectivity index (χ2n) is 9.86. The Hall–Kier alpha value is -4.83. The van der Waals surface area contributed by atoms with E-state index in [0.29, 0.717) is 22.3 Å². The van der Waals surface area contributed by atoms with Crippen molar-refractivity contribution in [3.05, 3.63) is 106 Å². The van der Waals surface area contributed by atoms with Gasteiger partial charge in [0.05, 0.1) is 35.3 Å². The summed E-state index contributed by atoms with van der Waals surface area (Å²) < 4.78 is 39.9. The summed E-state index contributed by atoms with van der Waals surface area (Å²) in [5.41, 5.74) is 6.54. The van der Waals surface area contributed by atoms with Crippen molar-refractivity contribution in [1.29, 1.82) is 5.26 Å². The molecule has 0 bridgehead atoms. The number of aromatic hydroxyl groups is 1. The Morgan fingerprint density at radius 2 is 1.79 bits per heavy atom. The van der Waals surface area contributed by atoms with Gasteiger partial charge in [-0.25, -0.2) is 8.42 Å². The number of hydrogen-bond acceptors (Lipinski definition) is 9. The van der Waals surface area contributed by atoms with Gasteiger partial charge in [0, 0.05) is 12.7 Å². The first kappa shape index (κ1) is 31.1. The molecule has 4 rings (SSSR count). The van der Waals surface area contributed by atoms with Crippen LogP contribution in [0.1, 0.15) is 47.2 Å². The SMILES string of the molecule is COCC(c1cccc(C#N)c1)n1c(COC(C)C)nc(O)c(S(=O)(=O)c2ccc(-c3ccccc3C(N)=O)cc2)c1=O. The van der Waals surface area contributed by atoms with Crippen molar-refractivity contribution in [2.45, 2.75) is 42.4 Å².